The lowest BCUT2D eigenvalue weighted by Crippen LogP contribution is -2.24. The summed E-state index contributed by atoms with van der Waals surface area (Å²) < 4.78 is 25.5. The minimum absolute atomic E-state index is 0.141. The smallest absolute Gasteiger partial charge is 0.242 e. The van der Waals surface area contributed by atoms with Gasteiger partial charge in [-0.15, -0.1) is 11.8 Å². The molecule has 0 aromatic heterocycles. The summed E-state index contributed by atoms with van der Waals surface area (Å²) in [4.78, 5) is 12.5. The lowest BCUT2D eigenvalue weighted by atomic mass is 10.2. The van der Waals surface area contributed by atoms with Crippen molar-refractivity contribution in [2.45, 2.75) is 22.8 Å². The summed E-state index contributed by atoms with van der Waals surface area (Å²) in [7, 11) is -0.603. The van der Waals surface area contributed by atoms with Gasteiger partial charge in [-0.1, -0.05) is 29.8 Å². The van der Waals surface area contributed by atoms with Crippen molar-refractivity contribution < 1.29 is 13.2 Å². The Hall–Kier alpha value is -1.54. The molecule has 5 nitrogen and oxygen atoms in total. The van der Waals surface area contributed by atoms with Crippen molar-refractivity contribution in [3.05, 3.63) is 59.1 Å². The summed E-state index contributed by atoms with van der Waals surface area (Å²) in [5.41, 5.74) is 1.54. The molecule has 8 heteroatoms. The van der Waals surface area contributed by atoms with Crippen LogP contribution in [-0.4, -0.2) is 38.0 Å². The van der Waals surface area contributed by atoms with Crippen LogP contribution in [0, 0.1) is 0 Å². The Morgan fingerprint density at radius 2 is 1.85 bits per heavy atom. The van der Waals surface area contributed by atoms with Gasteiger partial charge >= 0.3 is 0 Å². The number of hydrogen-bond acceptors (Lipinski definition) is 4. The van der Waals surface area contributed by atoms with Crippen molar-refractivity contribution in [2.75, 3.05) is 19.4 Å². The number of nitrogens with one attached hydrogen (secondary N) is 1. The van der Waals surface area contributed by atoms with E-state index in [2.05, 4.69) is 5.32 Å². The molecular formula is C18H21ClN2O3S2. The number of benzene rings is 2. The van der Waals surface area contributed by atoms with Crippen LogP contribution in [0.2, 0.25) is 5.02 Å². The summed E-state index contributed by atoms with van der Waals surface area (Å²) in [6, 6.07) is 13.7. The average molecular weight is 413 g/mol. The predicted octanol–water partition coefficient (Wildman–Crippen LogP) is 3.85. The minimum Gasteiger partial charge on any atom is -0.325 e. The molecule has 1 amide bonds. The van der Waals surface area contributed by atoms with E-state index in [0.29, 0.717) is 16.5 Å². The van der Waals surface area contributed by atoms with E-state index in [1.165, 1.54) is 38.0 Å². The second-order valence-corrected chi connectivity index (χ2v) is 9.80. The topological polar surface area (TPSA) is 66.5 Å². The highest BCUT2D eigenvalue weighted by molar-refractivity contribution is 7.99. The summed E-state index contributed by atoms with van der Waals surface area (Å²) in [5.74, 6) is 0.504. The van der Waals surface area contributed by atoms with Crippen LogP contribution < -0.4 is 5.32 Å². The molecule has 0 aliphatic carbocycles. The molecule has 0 radical (unpaired) electrons. The lowest BCUT2D eigenvalue weighted by molar-refractivity contribution is -0.115. The van der Waals surface area contributed by atoms with Crippen LogP contribution in [-0.2, 0) is 20.6 Å². The number of amides is 1. The number of sulfonamides is 1. The highest BCUT2D eigenvalue weighted by Gasteiger charge is 2.19. The molecule has 2 aromatic rings. The molecule has 2 rings (SSSR count). The van der Waals surface area contributed by atoms with E-state index in [1.807, 2.05) is 31.2 Å². The van der Waals surface area contributed by atoms with Gasteiger partial charge in [0.1, 0.15) is 0 Å². The highest BCUT2D eigenvalue weighted by atomic mass is 35.5. The predicted molar refractivity (Wildman–Crippen MR) is 108 cm³/mol. The normalized spacial score (nSPS) is 12.8. The zero-order valence-corrected chi connectivity index (χ0v) is 17.2. The van der Waals surface area contributed by atoms with Gasteiger partial charge in [0, 0.05) is 30.6 Å². The van der Waals surface area contributed by atoms with E-state index in [1.54, 1.807) is 12.1 Å². The van der Waals surface area contributed by atoms with E-state index < -0.39 is 10.0 Å². The first-order chi connectivity index (χ1) is 12.2. The fourth-order valence-corrected chi connectivity index (χ4v) is 3.99. The summed E-state index contributed by atoms with van der Waals surface area (Å²) >= 11 is 7.36. The summed E-state index contributed by atoms with van der Waals surface area (Å²) in [6.07, 6.45) is 0. The van der Waals surface area contributed by atoms with E-state index >= 15 is 0 Å². The number of thioether (sulfide) groups is 1. The zero-order valence-electron chi connectivity index (χ0n) is 14.8. The number of rotatable bonds is 7. The van der Waals surface area contributed by atoms with Crippen LogP contribution in [0.25, 0.3) is 0 Å². The molecule has 1 N–H and O–H groups in total. The third-order valence-electron chi connectivity index (χ3n) is 3.66. The molecule has 2 aromatic carbocycles. The van der Waals surface area contributed by atoms with Gasteiger partial charge in [0.15, 0.2) is 0 Å². The zero-order chi connectivity index (χ0) is 19.3. The van der Waals surface area contributed by atoms with Gasteiger partial charge < -0.3 is 5.32 Å². The van der Waals surface area contributed by atoms with Gasteiger partial charge in [-0.3, -0.25) is 4.79 Å². The van der Waals surface area contributed by atoms with E-state index in [9.17, 15) is 13.2 Å². The SMILES string of the molecule is CC(SCc1ccc(Cl)cc1)C(=O)Nc1cccc(S(=O)(=O)N(C)C)c1. The molecule has 140 valence electrons. The van der Waals surface area contributed by atoms with Crippen molar-refractivity contribution in [1.82, 2.24) is 4.31 Å². The Morgan fingerprint density at radius 1 is 1.19 bits per heavy atom. The molecule has 1 unspecified atom stereocenters. The monoisotopic (exact) mass is 412 g/mol. The maximum absolute atomic E-state index is 12.4. The Morgan fingerprint density at radius 3 is 2.46 bits per heavy atom. The first kappa shape index (κ1) is 20.8. The molecule has 0 bridgehead atoms. The van der Waals surface area contributed by atoms with Crippen LogP contribution in [0.4, 0.5) is 5.69 Å². The molecule has 26 heavy (non-hydrogen) atoms. The van der Waals surface area contributed by atoms with Crippen LogP contribution >= 0.6 is 23.4 Å². The van der Waals surface area contributed by atoms with E-state index in [4.69, 9.17) is 11.6 Å². The first-order valence-electron chi connectivity index (χ1n) is 7.89. The molecule has 0 spiro atoms. The second-order valence-electron chi connectivity index (χ2n) is 5.88. The highest BCUT2D eigenvalue weighted by Crippen LogP contribution is 2.22. The van der Waals surface area contributed by atoms with Gasteiger partial charge in [-0.25, -0.2) is 12.7 Å². The van der Waals surface area contributed by atoms with Crippen LogP contribution in [0.15, 0.2) is 53.4 Å². The molecule has 0 saturated heterocycles. The maximum atomic E-state index is 12.4. The van der Waals surface area contributed by atoms with Crippen molar-refractivity contribution in [3.8, 4) is 0 Å². The largest absolute Gasteiger partial charge is 0.325 e. The Labute approximate surface area is 163 Å². The van der Waals surface area contributed by atoms with E-state index in [0.717, 1.165) is 9.87 Å². The molecule has 0 fully saturated rings. The maximum Gasteiger partial charge on any atom is 0.242 e. The number of nitrogens with zero attached hydrogens (tertiary/aromatic N) is 1. The molecule has 0 heterocycles. The summed E-state index contributed by atoms with van der Waals surface area (Å²) in [5, 5.41) is 3.16. The van der Waals surface area contributed by atoms with Gasteiger partial charge in [-0.05, 0) is 42.8 Å². The van der Waals surface area contributed by atoms with Gasteiger partial charge in [-0.2, -0.15) is 0 Å². The average Bonchev–Trinajstić information content (AvgIpc) is 2.61. The van der Waals surface area contributed by atoms with Crippen molar-refractivity contribution in [3.63, 3.8) is 0 Å². The van der Waals surface area contributed by atoms with Gasteiger partial charge in [0.25, 0.3) is 0 Å². The van der Waals surface area contributed by atoms with Crippen LogP contribution in [0.5, 0.6) is 0 Å². The van der Waals surface area contributed by atoms with Gasteiger partial charge in [0.05, 0.1) is 10.1 Å². The molecule has 0 aliphatic heterocycles. The number of carbonyl (C=O) groups excluding carboxylic acids is 1. The standard InChI is InChI=1S/C18H21ClN2O3S2/c1-13(25-12-14-7-9-15(19)10-8-14)18(22)20-16-5-4-6-17(11-16)26(23,24)21(2)3/h4-11,13H,12H2,1-3H3,(H,20,22). The van der Waals surface area contributed by atoms with Crippen molar-refractivity contribution in [1.29, 1.82) is 0 Å². The molecule has 0 saturated carbocycles. The molecular weight excluding hydrogens is 392 g/mol. The molecule has 0 aliphatic rings. The van der Waals surface area contributed by atoms with Crippen molar-refractivity contribution >= 4 is 45.0 Å². The number of halogens is 1. The Balaban J connectivity index is 1.99. The minimum atomic E-state index is -3.54. The second kappa shape index (κ2) is 8.90. The number of anilines is 1. The van der Waals surface area contributed by atoms with Crippen molar-refractivity contribution in [2.24, 2.45) is 0 Å². The number of hydrogen-bond donors (Lipinski definition) is 1. The summed E-state index contributed by atoms with van der Waals surface area (Å²) in [6.45, 7) is 1.82. The number of carbonyl (C=O) groups is 1. The third-order valence-corrected chi connectivity index (χ3v) is 6.94. The third kappa shape index (κ3) is 5.48. The molecule has 1 atom stereocenters. The lowest BCUT2D eigenvalue weighted by Gasteiger charge is -2.14. The van der Waals surface area contributed by atoms with Crippen LogP contribution in [0.1, 0.15) is 12.5 Å². The Kier molecular flexibility index (Phi) is 7.11. The fraction of sp³-hybridized carbons (Fsp3) is 0.278. The van der Waals surface area contributed by atoms with Gasteiger partial charge in [0.2, 0.25) is 15.9 Å². The van der Waals surface area contributed by atoms with Crippen LogP contribution in [0.3, 0.4) is 0 Å². The Bertz CT molecular complexity index is 868. The fourth-order valence-electron chi connectivity index (χ4n) is 2.07. The van der Waals surface area contributed by atoms with E-state index in [-0.39, 0.29) is 16.1 Å². The first-order valence-corrected chi connectivity index (χ1v) is 10.8. The quantitative estimate of drug-likeness (QED) is 0.750.